The second kappa shape index (κ2) is 9.79. The van der Waals surface area contributed by atoms with Crippen LogP contribution in [0.3, 0.4) is 0 Å². The van der Waals surface area contributed by atoms with Gasteiger partial charge in [0, 0.05) is 18.5 Å². The van der Waals surface area contributed by atoms with Gasteiger partial charge in [-0.15, -0.1) is 0 Å². The summed E-state index contributed by atoms with van der Waals surface area (Å²) < 4.78 is 26.6. The molecule has 0 radical (unpaired) electrons. The molecule has 0 fully saturated rings. The number of carbonyl (C=O) groups excluding carboxylic acids is 2. The van der Waals surface area contributed by atoms with E-state index < -0.39 is 17.0 Å². The van der Waals surface area contributed by atoms with E-state index in [1.165, 1.54) is 48.2 Å². The summed E-state index contributed by atoms with van der Waals surface area (Å²) in [5.74, 6) is -1.53. The summed E-state index contributed by atoms with van der Waals surface area (Å²) in [6.45, 7) is 0. The highest BCUT2D eigenvalue weighted by Crippen LogP contribution is 2.38. The average molecular weight is 491 g/mol. The lowest BCUT2D eigenvalue weighted by Gasteiger charge is -2.23. The van der Waals surface area contributed by atoms with E-state index in [9.17, 15) is 18.4 Å². The third-order valence-electron chi connectivity index (χ3n) is 5.70. The number of nitrogens with zero attached hydrogens (tertiary/aromatic N) is 3. The lowest BCUT2D eigenvalue weighted by molar-refractivity contribution is -0.121. The predicted molar refractivity (Wildman–Crippen MR) is 132 cm³/mol. The maximum atomic E-state index is 13.5. The molecule has 0 aromatic heterocycles. The van der Waals surface area contributed by atoms with Gasteiger partial charge < -0.3 is 5.32 Å². The van der Waals surface area contributed by atoms with E-state index in [4.69, 9.17) is 5.10 Å². The van der Waals surface area contributed by atoms with E-state index in [1.807, 2.05) is 30.3 Å². The molecular weight excluding hydrogens is 470 g/mol. The Morgan fingerprint density at radius 2 is 1.63 bits per heavy atom. The molecule has 0 spiro atoms. The zero-order chi connectivity index (χ0) is 24.4. The van der Waals surface area contributed by atoms with E-state index >= 15 is 0 Å². The standard InChI is InChI=1S/C26H20F2N4O2S/c27-18-8-6-17(7-9-18)22-14-21(16-4-2-1-3-5-16)31-32(22)26-30-25(34)23(35-26)15-24(33)29-20-12-10-19(28)11-13-20/h1-13,22-23H,14-15H2,(H,29,33). The Morgan fingerprint density at radius 3 is 2.31 bits per heavy atom. The first-order valence-electron chi connectivity index (χ1n) is 11.0. The molecule has 2 unspecified atom stereocenters. The maximum absolute atomic E-state index is 13.5. The lowest BCUT2D eigenvalue weighted by atomic mass is 9.99. The largest absolute Gasteiger partial charge is 0.326 e. The van der Waals surface area contributed by atoms with Crippen molar-refractivity contribution in [3.05, 3.63) is 102 Å². The van der Waals surface area contributed by atoms with Crippen LogP contribution in [-0.4, -0.2) is 33.0 Å². The summed E-state index contributed by atoms with van der Waals surface area (Å²) in [5.41, 5.74) is 3.07. The number of aliphatic imine (C=N–C) groups is 1. The van der Waals surface area contributed by atoms with Crippen LogP contribution in [0.4, 0.5) is 14.5 Å². The summed E-state index contributed by atoms with van der Waals surface area (Å²) in [6.07, 6.45) is 0.470. The van der Waals surface area contributed by atoms with Crippen molar-refractivity contribution in [1.82, 2.24) is 5.01 Å². The second-order valence-electron chi connectivity index (χ2n) is 8.13. The number of amides is 2. The van der Waals surface area contributed by atoms with E-state index in [1.54, 1.807) is 17.1 Å². The molecule has 3 aromatic carbocycles. The normalized spacial score (nSPS) is 19.5. The van der Waals surface area contributed by atoms with Gasteiger partial charge in [-0.25, -0.2) is 13.8 Å². The van der Waals surface area contributed by atoms with Gasteiger partial charge in [0.2, 0.25) is 5.91 Å². The molecule has 2 amide bonds. The number of rotatable bonds is 5. The monoisotopic (exact) mass is 490 g/mol. The van der Waals surface area contributed by atoms with Gasteiger partial charge in [-0.3, -0.25) is 9.59 Å². The smallest absolute Gasteiger partial charge is 0.262 e. The molecule has 9 heteroatoms. The highest BCUT2D eigenvalue weighted by Gasteiger charge is 2.39. The first kappa shape index (κ1) is 22.9. The first-order chi connectivity index (χ1) is 17.0. The minimum Gasteiger partial charge on any atom is -0.326 e. The Hall–Kier alpha value is -3.85. The minimum atomic E-state index is -0.699. The molecule has 5 rings (SSSR count). The van der Waals surface area contributed by atoms with Crippen LogP contribution in [0, 0.1) is 11.6 Å². The van der Waals surface area contributed by atoms with Gasteiger partial charge in [-0.05, 0) is 47.5 Å². The number of hydrogen-bond donors (Lipinski definition) is 1. The second-order valence-corrected chi connectivity index (χ2v) is 9.30. The van der Waals surface area contributed by atoms with Crippen molar-refractivity contribution in [2.24, 2.45) is 10.1 Å². The Balaban J connectivity index is 1.34. The van der Waals surface area contributed by atoms with Gasteiger partial charge in [-0.1, -0.05) is 54.2 Å². The van der Waals surface area contributed by atoms with Crippen LogP contribution in [0.25, 0.3) is 0 Å². The number of thioether (sulfide) groups is 1. The maximum Gasteiger partial charge on any atom is 0.262 e. The summed E-state index contributed by atoms with van der Waals surface area (Å²) >= 11 is 1.18. The topological polar surface area (TPSA) is 74.1 Å². The quantitative estimate of drug-likeness (QED) is 0.537. The lowest BCUT2D eigenvalue weighted by Crippen LogP contribution is -2.25. The minimum absolute atomic E-state index is 0.0851. The van der Waals surface area contributed by atoms with Gasteiger partial charge in [0.05, 0.1) is 11.8 Å². The molecule has 0 saturated heterocycles. The number of amidine groups is 1. The molecule has 2 atom stereocenters. The highest BCUT2D eigenvalue weighted by molar-refractivity contribution is 8.15. The summed E-state index contributed by atoms with van der Waals surface area (Å²) in [4.78, 5) is 29.3. The van der Waals surface area contributed by atoms with Crippen molar-refractivity contribution in [2.75, 3.05) is 5.32 Å². The number of halogens is 2. The van der Waals surface area contributed by atoms with Gasteiger partial charge in [0.15, 0.2) is 5.17 Å². The van der Waals surface area contributed by atoms with Crippen molar-refractivity contribution in [3.63, 3.8) is 0 Å². The Labute approximate surface area is 204 Å². The average Bonchev–Trinajstić information content (AvgIpc) is 3.46. The van der Waals surface area contributed by atoms with Gasteiger partial charge in [0.25, 0.3) is 5.91 Å². The SMILES string of the molecule is O=C(CC1SC(N2N=C(c3ccccc3)CC2c2ccc(F)cc2)=NC1=O)Nc1ccc(F)cc1. The third-order valence-corrected chi connectivity index (χ3v) is 6.84. The molecule has 0 aliphatic carbocycles. The number of nitrogens with one attached hydrogen (secondary N) is 1. The van der Waals surface area contributed by atoms with Crippen molar-refractivity contribution < 1.29 is 18.4 Å². The fourth-order valence-corrected chi connectivity index (χ4v) is 5.02. The van der Waals surface area contributed by atoms with E-state index in [0.717, 1.165) is 16.8 Å². The van der Waals surface area contributed by atoms with Gasteiger partial charge in [0.1, 0.15) is 16.9 Å². The molecule has 3 aromatic rings. The zero-order valence-corrected chi connectivity index (χ0v) is 19.2. The summed E-state index contributed by atoms with van der Waals surface area (Å²) in [7, 11) is 0. The van der Waals surface area contributed by atoms with E-state index in [2.05, 4.69) is 10.3 Å². The number of carbonyl (C=O) groups is 2. The van der Waals surface area contributed by atoms with Crippen molar-refractivity contribution in [3.8, 4) is 0 Å². The molecule has 2 heterocycles. The first-order valence-corrected chi connectivity index (χ1v) is 11.9. The zero-order valence-electron chi connectivity index (χ0n) is 18.4. The third kappa shape index (κ3) is 5.14. The molecule has 35 heavy (non-hydrogen) atoms. The van der Waals surface area contributed by atoms with Gasteiger partial charge in [-0.2, -0.15) is 10.1 Å². The number of benzene rings is 3. The number of anilines is 1. The molecular formula is C26H20F2N4O2S. The highest BCUT2D eigenvalue weighted by atomic mass is 32.2. The molecule has 176 valence electrons. The molecule has 0 saturated carbocycles. The fraction of sp³-hybridized carbons (Fsp3) is 0.154. The van der Waals surface area contributed by atoms with Crippen LogP contribution >= 0.6 is 11.8 Å². The summed E-state index contributed by atoms with van der Waals surface area (Å²) in [6, 6.07) is 21.0. The molecule has 2 aliphatic rings. The van der Waals surface area contributed by atoms with Crippen LogP contribution in [0.1, 0.15) is 30.0 Å². The van der Waals surface area contributed by atoms with Crippen LogP contribution in [0.5, 0.6) is 0 Å². The van der Waals surface area contributed by atoms with E-state index in [-0.39, 0.29) is 24.2 Å². The predicted octanol–water partition coefficient (Wildman–Crippen LogP) is 5.14. The molecule has 2 aliphatic heterocycles. The van der Waals surface area contributed by atoms with Crippen molar-refractivity contribution in [2.45, 2.75) is 24.1 Å². The molecule has 0 bridgehead atoms. The van der Waals surface area contributed by atoms with Crippen molar-refractivity contribution >= 4 is 40.1 Å². The van der Waals surface area contributed by atoms with Crippen LogP contribution in [0.15, 0.2) is 89.0 Å². The van der Waals surface area contributed by atoms with E-state index in [0.29, 0.717) is 17.3 Å². The van der Waals surface area contributed by atoms with Crippen LogP contribution in [-0.2, 0) is 9.59 Å². The molecule has 1 N–H and O–H groups in total. The fourth-order valence-electron chi connectivity index (χ4n) is 3.95. The number of hydrogen-bond acceptors (Lipinski definition) is 5. The Kier molecular flexibility index (Phi) is 6.41. The number of hydrazone groups is 1. The van der Waals surface area contributed by atoms with Crippen molar-refractivity contribution in [1.29, 1.82) is 0 Å². The Bertz CT molecular complexity index is 1310. The summed E-state index contributed by atoms with van der Waals surface area (Å²) in [5, 5.41) is 8.82. The van der Waals surface area contributed by atoms with Crippen LogP contribution in [0.2, 0.25) is 0 Å². The molecule has 6 nitrogen and oxygen atoms in total. The van der Waals surface area contributed by atoms with Gasteiger partial charge >= 0.3 is 0 Å². The van der Waals surface area contributed by atoms with Crippen LogP contribution < -0.4 is 5.32 Å². The Morgan fingerprint density at radius 1 is 0.971 bits per heavy atom.